The number of nitriles is 1. The second-order valence-electron chi connectivity index (χ2n) is 3.65. The smallest absolute Gasteiger partial charge is 0.0991 e. The van der Waals surface area contributed by atoms with Crippen LogP contribution in [0.1, 0.15) is 24.0 Å². The molecule has 15 heavy (non-hydrogen) atoms. The number of rotatable bonds is 1. The van der Waals surface area contributed by atoms with Gasteiger partial charge in [-0.3, -0.25) is 0 Å². The molecule has 76 valence electrons. The monoisotopic (exact) mass is 199 g/mol. The average molecular weight is 199 g/mol. The van der Waals surface area contributed by atoms with Gasteiger partial charge >= 0.3 is 0 Å². The topological polar surface area (TPSA) is 33.0 Å². The Morgan fingerprint density at radius 1 is 1.13 bits per heavy atom. The van der Waals surface area contributed by atoms with E-state index < -0.39 is 0 Å². The second-order valence-corrected chi connectivity index (χ2v) is 3.65. The van der Waals surface area contributed by atoms with Crippen LogP contribution in [0.3, 0.4) is 0 Å². The summed E-state index contributed by atoms with van der Waals surface area (Å²) < 4.78 is 5.29. The van der Waals surface area contributed by atoms with Crippen LogP contribution in [0.4, 0.5) is 0 Å². The molecule has 0 unspecified atom stereocenters. The van der Waals surface area contributed by atoms with Gasteiger partial charge in [0.05, 0.1) is 24.8 Å². The first-order valence-electron chi connectivity index (χ1n) is 5.16. The van der Waals surface area contributed by atoms with Crippen molar-refractivity contribution in [3.05, 3.63) is 41.0 Å². The first-order valence-corrected chi connectivity index (χ1v) is 5.16. The lowest BCUT2D eigenvalue weighted by Crippen LogP contribution is -2.06. The van der Waals surface area contributed by atoms with Crippen LogP contribution in [0, 0.1) is 11.3 Å². The zero-order chi connectivity index (χ0) is 10.5. The van der Waals surface area contributed by atoms with Gasteiger partial charge in [-0.25, -0.2) is 0 Å². The van der Waals surface area contributed by atoms with Crippen molar-refractivity contribution < 1.29 is 4.74 Å². The maximum absolute atomic E-state index is 8.67. The van der Waals surface area contributed by atoms with Crippen LogP contribution in [0.15, 0.2) is 29.8 Å². The van der Waals surface area contributed by atoms with E-state index in [2.05, 4.69) is 12.1 Å². The van der Waals surface area contributed by atoms with Gasteiger partial charge in [0.2, 0.25) is 0 Å². The van der Waals surface area contributed by atoms with Crippen molar-refractivity contribution >= 4 is 6.08 Å². The average Bonchev–Trinajstić information content (AvgIpc) is 2.31. The highest BCUT2D eigenvalue weighted by atomic mass is 16.5. The molecule has 0 atom stereocenters. The van der Waals surface area contributed by atoms with Gasteiger partial charge < -0.3 is 4.74 Å². The molecule has 0 aromatic heterocycles. The molecule has 2 heteroatoms. The molecule has 0 saturated carbocycles. The molecule has 0 amide bonds. The predicted molar refractivity (Wildman–Crippen MR) is 59.2 cm³/mol. The fourth-order valence-corrected chi connectivity index (χ4v) is 1.67. The van der Waals surface area contributed by atoms with E-state index in [9.17, 15) is 0 Å². The maximum Gasteiger partial charge on any atom is 0.0991 e. The summed E-state index contributed by atoms with van der Waals surface area (Å²) in [6.45, 7) is 1.67. The summed E-state index contributed by atoms with van der Waals surface area (Å²) in [4.78, 5) is 0. The molecular weight excluding hydrogens is 186 g/mol. The van der Waals surface area contributed by atoms with Gasteiger partial charge in [0.15, 0.2) is 0 Å². The molecule has 1 aromatic rings. The minimum atomic E-state index is 0.712. The normalized spacial score (nSPS) is 15.8. The Labute approximate surface area is 89.8 Å². The molecule has 0 spiro atoms. The van der Waals surface area contributed by atoms with Crippen LogP contribution in [-0.2, 0) is 4.74 Å². The molecule has 1 aliphatic heterocycles. The molecule has 2 nitrogen and oxygen atoms in total. The van der Waals surface area contributed by atoms with Gasteiger partial charge in [0, 0.05) is 0 Å². The number of ether oxygens (including phenoxy) is 1. The summed E-state index contributed by atoms with van der Waals surface area (Å²) >= 11 is 0. The van der Waals surface area contributed by atoms with E-state index in [0.717, 1.165) is 26.1 Å². The molecule has 1 aliphatic rings. The van der Waals surface area contributed by atoms with Crippen LogP contribution >= 0.6 is 0 Å². The van der Waals surface area contributed by atoms with Crippen molar-refractivity contribution in [3.63, 3.8) is 0 Å². The van der Waals surface area contributed by atoms with Crippen molar-refractivity contribution in [1.29, 1.82) is 5.26 Å². The minimum Gasteiger partial charge on any atom is -0.381 e. The molecule has 1 saturated heterocycles. The molecule has 2 rings (SSSR count). The molecular formula is C13H13NO. The lowest BCUT2D eigenvalue weighted by atomic mass is 10.0. The largest absolute Gasteiger partial charge is 0.381 e. The Balaban J connectivity index is 2.12. The third-order valence-electron chi connectivity index (χ3n) is 2.55. The van der Waals surface area contributed by atoms with Gasteiger partial charge in [-0.2, -0.15) is 5.26 Å². The van der Waals surface area contributed by atoms with E-state index >= 15 is 0 Å². The predicted octanol–water partition coefficient (Wildman–Crippen LogP) is 2.75. The van der Waals surface area contributed by atoms with E-state index in [1.54, 1.807) is 0 Å². The maximum atomic E-state index is 8.67. The van der Waals surface area contributed by atoms with E-state index in [4.69, 9.17) is 10.00 Å². The molecule has 0 N–H and O–H groups in total. The van der Waals surface area contributed by atoms with Gasteiger partial charge in [0.25, 0.3) is 0 Å². The highest BCUT2D eigenvalue weighted by Gasteiger charge is 2.04. The Bertz CT molecular complexity index is 390. The van der Waals surface area contributed by atoms with Crippen molar-refractivity contribution in [3.8, 4) is 6.07 Å². The first-order chi connectivity index (χ1) is 7.38. The molecule has 0 radical (unpaired) electrons. The zero-order valence-electron chi connectivity index (χ0n) is 8.57. The van der Waals surface area contributed by atoms with Crippen molar-refractivity contribution in [2.75, 3.05) is 13.2 Å². The lowest BCUT2D eigenvalue weighted by Gasteiger charge is -2.14. The highest BCUT2D eigenvalue weighted by Crippen LogP contribution is 2.17. The standard InChI is InChI=1S/C13H13NO/c14-10-13-3-1-11(2-4-13)9-12-5-7-15-8-6-12/h1-4,9H,5-8H2. The number of hydrogen-bond donors (Lipinski definition) is 0. The fourth-order valence-electron chi connectivity index (χ4n) is 1.67. The van der Waals surface area contributed by atoms with Crippen LogP contribution in [0.25, 0.3) is 6.08 Å². The zero-order valence-corrected chi connectivity index (χ0v) is 8.57. The van der Waals surface area contributed by atoms with Gasteiger partial charge in [0.1, 0.15) is 0 Å². The SMILES string of the molecule is N#Cc1ccc(C=C2CCOCC2)cc1. The Hall–Kier alpha value is -1.59. The number of benzene rings is 1. The molecule has 0 bridgehead atoms. The van der Waals surface area contributed by atoms with Crippen LogP contribution in [0.2, 0.25) is 0 Å². The van der Waals surface area contributed by atoms with Crippen LogP contribution < -0.4 is 0 Å². The van der Waals surface area contributed by atoms with Gasteiger partial charge in [-0.1, -0.05) is 23.8 Å². The summed E-state index contributed by atoms with van der Waals surface area (Å²) in [7, 11) is 0. The molecule has 1 aromatic carbocycles. The van der Waals surface area contributed by atoms with E-state index in [0.29, 0.717) is 5.56 Å². The summed E-state index contributed by atoms with van der Waals surface area (Å²) in [5.74, 6) is 0. The Morgan fingerprint density at radius 3 is 2.40 bits per heavy atom. The van der Waals surface area contributed by atoms with Crippen molar-refractivity contribution in [2.45, 2.75) is 12.8 Å². The summed E-state index contributed by atoms with van der Waals surface area (Å²) in [5, 5.41) is 8.67. The second kappa shape index (κ2) is 4.77. The summed E-state index contributed by atoms with van der Waals surface area (Å²) in [5.41, 5.74) is 3.32. The lowest BCUT2D eigenvalue weighted by molar-refractivity contribution is 0.119. The summed E-state index contributed by atoms with van der Waals surface area (Å²) in [6.07, 6.45) is 4.25. The third-order valence-corrected chi connectivity index (χ3v) is 2.55. The molecule has 1 fully saturated rings. The van der Waals surface area contributed by atoms with E-state index in [1.807, 2.05) is 24.3 Å². The third kappa shape index (κ3) is 2.68. The van der Waals surface area contributed by atoms with Gasteiger partial charge in [-0.05, 0) is 30.5 Å². The molecule has 1 heterocycles. The summed E-state index contributed by atoms with van der Waals surface area (Å²) in [6, 6.07) is 9.80. The van der Waals surface area contributed by atoms with Crippen molar-refractivity contribution in [2.24, 2.45) is 0 Å². The van der Waals surface area contributed by atoms with E-state index in [-0.39, 0.29) is 0 Å². The highest BCUT2D eigenvalue weighted by molar-refractivity contribution is 5.54. The fraction of sp³-hybridized carbons (Fsp3) is 0.308. The quantitative estimate of drug-likeness (QED) is 0.696. The van der Waals surface area contributed by atoms with Crippen molar-refractivity contribution in [1.82, 2.24) is 0 Å². The van der Waals surface area contributed by atoms with E-state index in [1.165, 1.54) is 11.1 Å². The minimum absolute atomic E-state index is 0.712. The van der Waals surface area contributed by atoms with Gasteiger partial charge in [-0.15, -0.1) is 0 Å². The Morgan fingerprint density at radius 2 is 1.80 bits per heavy atom. The first kappa shape index (κ1) is 9.95. The van der Waals surface area contributed by atoms with Crippen LogP contribution in [0.5, 0.6) is 0 Å². The van der Waals surface area contributed by atoms with Crippen LogP contribution in [-0.4, -0.2) is 13.2 Å². The molecule has 0 aliphatic carbocycles. The number of hydrogen-bond acceptors (Lipinski definition) is 2. The Kier molecular flexibility index (Phi) is 3.16. The number of nitrogens with zero attached hydrogens (tertiary/aromatic N) is 1.